The Morgan fingerprint density at radius 1 is 1.30 bits per heavy atom. The number of halogens is 1. The molecule has 3 rings (SSSR count). The number of anilines is 1. The number of guanidine groups is 1. The number of nitrogens with one attached hydrogen (secondary N) is 2. The van der Waals surface area contributed by atoms with Gasteiger partial charge < -0.3 is 20.3 Å². The number of nitrogens with zero attached hydrogens (tertiary/aromatic N) is 2. The zero-order chi connectivity index (χ0) is 18.2. The highest BCUT2D eigenvalue weighted by Gasteiger charge is 2.24. The number of hydrogen-bond acceptors (Lipinski definition) is 4. The van der Waals surface area contributed by atoms with Gasteiger partial charge in [-0.1, -0.05) is 12.1 Å². The van der Waals surface area contributed by atoms with Crippen molar-refractivity contribution in [3.63, 3.8) is 0 Å². The van der Waals surface area contributed by atoms with Crippen molar-refractivity contribution < 1.29 is 4.74 Å². The summed E-state index contributed by atoms with van der Waals surface area (Å²) in [5.41, 5.74) is 2.45. The summed E-state index contributed by atoms with van der Waals surface area (Å²) in [6.45, 7) is 6.72. The molecule has 1 saturated heterocycles. The number of para-hydroxylation sites is 2. The molecule has 2 aromatic rings. The molecule has 1 atom stereocenters. The Hall–Kier alpha value is -1.48. The Labute approximate surface area is 183 Å². The lowest BCUT2D eigenvalue weighted by atomic mass is 10.1. The number of ether oxygens (including phenoxy) is 1. The van der Waals surface area contributed by atoms with Gasteiger partial charge in [-0.25, -0.2) is 4.99 Å². The number of methoxy groups -OCH3 is 1. The third-order valence-corrected chi connectivity index (χ3v) is 5.35. The Morgan fingerprint density at radius 2 is 2.15 bits per heavy atom. The molecule has 0 bridgehead atoms. The van der Waals surface area contributed by atoms with Crippen LogP contribution in [0, 0.1) is 5.92 Å². The number of benzene rings is 1. The fraction of sp³-hybridized carbons (Fsp3) is 0.450. The predicted octanol–water partition coefficient (Wildman–Crippen LogP) is 3.96. The van der Waals surface area contributed by atoms with Crippen LogP contribution in [0.2, 0.25) is 0 Å². The highest BCUT2D eigenvalue weighted by molar-refractivity contribution is 14.0. The molecule has 1 aromatic carbocycles. The topological polar surface area (TPSA) is 48.9 Å². The zero-order valence-electron chi connectivity index (χ0n) is 16.0. The summed E-state index contributed by atoms with van der Waals surface area (Å²) < 4.78 is 5.50. The van der Waals surface area contributed by atoms with Crippen molar-refractivity contribution in [2.45, 2.75) is 19.9 Å². The molecule has 5 nitrogen and oxygen atoms in total. The standard InChI is InChI=1S/C20H28N4OS.HI/c1-3-21-20(23-13-17-9-11-26-15-17)22-12-16-8-10-24(14-16)18-6-4-5-7-19(18)25-2;/h4-7,9,11,15-16H,3,8,10,12-14H2,1-2H3,(H2,21,22,23);1H. The average molecular weight is 500 g/mol. The lowest BCUT2D eigenvalue weighted by Gasteiger charge is -2.21. The average Bonchev–Trinajstić information content (AvgIpc) is 3.36. The van der Waals surface area contributed by atoms with Crippen molar-refractivity contribution in [2.75, 3.05) is 38.2 Å². The molecule has 1 aliphatic rings. The Balaban J connectivity index is 0.00000261. The summed E-state index contributed by atoms with van der Waals surface area (Å²) in [6, 6.07) is 10.4. The van der Waals surface area contributed by atoms with E-state index in [9.17, 15) is 0 Å². The van der Waals surface area contributed by atoms with Crippen LogP contribution < -0.4 is 20.3 Å². The van der Waals surface area contributed by atoms with E-state index in [2.05, 4.69) is 56.4 Å². The lowest BCUT2D eigenvalue weighted by Crippen LogP contribution is -2.40. The van der Waals surface area contributed by atoms with Crippen molar-refractivity contribution >= 4 is 47.0 Å². The highest BCUT2D eigenvalue weighted by atomic mass is 127. The summed E-state index contributed by atoms with van der Waals surface area (Å²) >= 11 is 1.71. The van der Waals surface area contributed by atoms with E-state index in [1.54, 1.807) is 18.4 Å². The molecule has 0 saturated carbocycles. The largest absolute Gasteiger partial charge is 0.495 e. The van der Waals surface area contributed by atoms with E-state index in [4.69, 9.17) is 4.74 Å². The molecule has 0 amide bonds. The first-order valence-corrected chi connectivity index (χ1v) is 10.2. The van der Waals surface area contributed by atoms with Gasteiger partial charge in [-0.15, -0.1) is 24.0 Å². The minimum absolute atomic E-state index is 0. The van der Waals surface area contributed by atoms with Crippen LogP contribution >= 0.6 is 35.3 Å². The van der Waals surface area contributed by atoms with E-state index in [-0.39, 0.29) is 24.0 Å². The molecule has 148 valence electrons. The van der Waals surface area contributed by atoms with Crippen LogP contribution in [0.3, 0.4) is 0 Å². The molecule has 7 heteroatoms. The van der Waals surface area contributed by atoms with Gasteiger partial charge in [0.05, 0.1) is 19.3 Å². The number of hydrogen-bond donors (Lipinski definition) is 2. The van der Waals surface area contributed by atoms with Gasteiger partial charge in [0.15, 0.2) is 5.96 Å². The zero-order valence-corrected chi connectivity index (χ0v) is 19.1. The van der Waals surface area contributed by atoms with E-state index in [0.717, 1.165) is 44.4 Å². The first-order valence-electron chi connectivity index (χ1n) is 9.21. The molecule has 1 aromatic heterocycles. The van der Waals surface area contributed by atoms with Gasteiger partial charge >= 0.3 is 0 Å². The second-order valence-electron chi connectivity index (χ2n) is 6.48. The summed E-state index contributed by atoms with van der Waals surface area (Å²) in [4.78, 5) is 7.11. The van der Waals surface area contributed by atoms with Gasteiger partial charge in [-0.05, 0) is 53.8 Å². The number of rotatable bonds is 7. The Bertz CT molecular complexity index is 708. The number of aliphatic imine (C=N–C) groups is 1. The smallest absolute Gasteiger partial charge is 0.191 e. The van der Waals surface area contributed by atoms with Gasteiger partial charge in [0.25, 0.3) is 0 Å². The van der Waals surface area contributed by atoms with Crippen molar-refractivity contribution in [2.24, 2.45) is 10.9 Å². The van der Waals surface area contributed by atoms with Crippen LogP contribution in [0.1, 0.15) is 18.9 Å². The second kappa shape index (κ2) is 11.4. The molecule has 1 unspecified atom stereocenters. The predicted molar refractivity (Wildman–Crippen MR) is 126 cm³/mol. The normalized spacial score (nSPS) is 16.7. The van der Waals surface area contributed by atoms with E-state index in [1.807, 2.05) is 12.1 Å². The molecular weight excluding hydrogens is 471 g/mol. The maximum absolute atomic E-state index is 5.50. The fourth-order valence-electron chi connectivity index (χ4n) is 3.24. The Kier molecular flexibility index (Phi) is 9.20. The van der Waals surface area contributed by atoms with Gasteiger partial charge in [-0.3, -0.25) is 0 Å². The van der Waals surface area contributed by atoms with Gasteiger partial charge in [0, 0.05) is 26.2 Å². The highest BCUT2D eigenvalue weighted by Crippen LogP contribution is 2.31. The first kappa shape index (κ1) is 21.8. The van der Waals surface area contributed by atoms with Crippen molar-refractivity contribution in [1.29, 1.82) is 0 Å². The van der Waals surface area contributed by atoms with Crippen molar-refractivity contribution in [3.8, 4) is 5.75 Å². The molecular formula is C20H29IN4OS. The summed E-state index contributed by atoms with van der Waals surface area (Å²) in [5, 5.41) is 11.1. The third kappa shape index (κ3) is 6.27. The molecule has 0 spiro atoms. The van der Waals surface area contributed by atoms with Crippen LogP contribution in [0.25, 0.3) is 0 Å². The van der Waals surface area contributed by atoms with Gasteiger partial charge in [0.2, 0.25) is 0 Å². The van der Waals surface area contributed by atoms with Crippen molar-refractivity contribution in [3.05, 3.63) is 46.7 Å². The first-order chi connectivity index (χ1) is 12.8. The van der Waals surface area contributed by atoms with E-state index >= 15 is 0 Å². The molecule has 2 N–H and O–H groups in total. The van der Waals surface area contributed by atoms with Gasteiger partial charge in [-0.2, -0.15) is 11.3 Å². The Morgan fingerprint density at radius 3 is 2.89 bits per heavy atom. The van der Waals surface area contributed by atoms with E-state index < -0.39 is 0 Å². The molecule has 2 heterocycles. The molecule has 1 fully saturated rings. The lowest BCUT2D eigenvalue weighted by molar-refractivity contribution is 0.414. The van der Waals surface area contributed by atoms with Crippen LogP contribution in [0.4, 0.5) is 5.69 Å². The second-order valence-corrected chi connectivity index (χ2v) is 7.26. The van der Waals surface area contributed by atoms with E-state index in [1.165, 1.54) is 17.7 Å². The monoisotopic (exact) mass is 500 g/mol. The molecule has 0 radical (unpaired) electrons. The minimum atomic E-state index is 0. The minimum Gasteiger partial charge on any atom is -0.495 e. The fourth-order valence-corrected chi connectivity index (χ4v) is 3.90. The van der Waals surface area contributed by atoms with Crippen LogP contribution in [0.15, 0.2) is 46.1 Å². The summed E-state index contributed by atoms with van der Waals surface area (Å²) in [5.74, 6) is 2.45. The van der Waals surface area contributed by atoms with Crippen molar-refractivity contribution in [1.82, 2.24) is 10.6 Å². The number of thiophene rings is 1. The molecule has 1 aliphatic heterocycles. The SMILES string of the molecule is CCNC(=NCc1ccsc1)NCC1CCN(c2ccccc2OC)C1.I. The summed E-state index contributed by atoms with van der Waals surface area (Å²) in [7, 11) is 1.74. The maximum atomic E-state index is 5.50. The maximum Gasteiger partial charge on any atom is 0.191 e. The van der Waals surface area contributed by atoms with Crippen LogP contribution in [0.5, 0.6) is 5.75 Å². The van der Waals surface area contributed by atoms with Crippen LogP contribution in [-0.2, 0) is 6.54 Å². The molecule has 27 heavy (non-hydrogen) atoms. The third-order valence-electron chi connectivity index (χ3n) is 4.61. The van der Waals surface area contributed by atoms with E-state index in [0.29, 0.717) is 5.92 Å². The quantitative estimate of drug-likeness (QED) is 0.344. The van der Waals surface area contributed by atoms with Crippen LogP contribution in [-0.4, -0.2) is 39.2 Å². The van der Waals surface area contributed by atoms with Gasteiger partial charge in [0.1, 0.15) is 5.75 Å². The molecule has 0 aliphatic carbocycles. The summed E-state index contributed by atoms with van der Waals surface area (Å²) in [6.07, 6.45) is 1.18.